The molecule has 0 fully saturated rings. The number of aromatic nitrogens is 3. The zero-order chi connectivity index (χ0) is 17.2. The van der Waals surface area contributed by atoms with Gasteiger partial charge in [-0.3, -0.25) is 5.10 Å². The fourth-order valence-electron chi connectivity index (χ4n) is 2.43. The fraction of sp³-hybridized carbons (Fsp3) is 0.118. The maximum atomic E-state index is 11.8. The van der Waals surface area contributed by atoms with E-state index in [1.165, 1.54) is 17.8 Å². The molecule has 0 saturated carbocycles. The Morgan fingerprint density at radius 1 is 1.32 bits per heavy atom. The SMILES string of the molecule is COc1ccc2c(CSc3n[nH]c(-c4cccs4)n3)cc(=O)oc2c1. The number of thiophene rings is 1. The number of rotatable bonds is 5. The second kappa shape index (κ2) is 6.73. The molecular weight excluding hydrogens is 358 g/mol. The molecule has 25 heavy (non-hydrogen) atoms. The van der Waals surface area contributed by atoms with Gasteiger partial charge in [-0.2, -0.15) is 0 Å². The Labute approximate surface area is 150 Å². The van der Waals surface area contributed by atoms with Crippen molar-refractivity contribution in [1.29, 1.82) is 0 Å². The summed E-state index contributed by atoms with van der Waals surface area (Å²) in [6.45, 7) is 0. The molecule has 0 aliphatic heterocycles. The van der Waals surface area contributed by atoms with Gasteiger partial charge in [0.05, 0.1) is 12.0 Å². The van der Waals surface area contributed by atoms with Crippen LogP contribution in [0.25, 0.3) is 21.7 Å². The van der Waals surface area contributed by atoms with E-state index in [9.17, 15) is 4.79 Å². The number of aromatic amines is 1. The maximum Gasteiger partial charge on any atom is 0.336 e. The number of fused-ring (bicyclic) bond motifs is 1. The van der Waals surface area contributed by atoms with Crippen LogP contribution in [0.15, 0.2) is 56.1 Å². The number of hydrogen-bond acceptors (Lipinski definition) is 7. The standard InChI is InChI=1S/C17H13N3O3S2/c1-22-11-4-5-12-10(7-15(21)23-13(12)8-11)9-25-17-18-16(19-20-17)14-3-2-6-24-14/h2-8H,9H2,1H3,(H,18,19,20). The Hall–Kier alpha value is -2.58. The molecule has 0 aliphatic rings. The second-order valence-corrected chi connectivity index (χ2v) is 7.08. The van der Waals surface area contributed by atoms with Crippen LogP contribution in [0.2, 0.25) is 0 Å². The normalized spacial score (nSPS) is 11.1. The van der Waals surface area contributed by atoms with Gasteiger partial charge in [0.1, 0.15) is 11.3 Å². The third-order valence-corrected chi connectivity index (χ3v) is 5.39. The first kappa shape index (κ1) is 15.9. The minimum absolute atomic E-state index is 0.384. The smallest absolute Gasteiger partial charge is 0.336 e. The van der Waals surface area contributed by atoms with Gasteiger partial charge in [0.15, 0.2) is 5.82 Å². The minimum atomic E-state index is -0.384. The molecule has 0 unspecified atom stereocenters. The number of benzene rings is 1. The molecule has 0 atom stereocenters. The molecule has 0 spiro atoms. The number of nitrogens with zero attached hydrogens (tertiary/aromatic N) is 2. The number of methoxy groups -OCH3 is 1. The van der Waals surface area contributed by atoms with Crippen molar-refractivity contribution in [3.63, 3.8) is 0 Å². The van der Waals surface area contributed by atoms with Crippen molar-refractivity contribution in [3.8, 4) is 16.5 Å². The first-order valence-corrected chi connectivity index (χ1v) is 9.29. The Balaban J connectivity index is 1.59. The summed E-state index contributed by atoms with van der Waals surface area (Å²) in [4.78, 5) is 17.3. The summed E-state index contributed by atoms with van der Waals surface area (Å²) in [5.74, 6) is 1.96. The van der Waals surface area contributed by atoms with Gasteiger partial charge in [0.25, 0.3) is 0 Å². The zero-order valence-corrected chi connectivity index (χ0v) is 14.8. The van der Waals surface area contributed by atoms with Gasteiger partial charge in [-0.05, 0) is 29.1 Å². The second-order valence-electron chi connectivity index (χ2n) is 5.19. The summed E-state index contributed by atoms with van der Waals surface area (Å²) in [5, 5.41) is 10.7. The summed E-state index contributed by atoms with van der Waals surface area (Å²) >= 11 is 3.07. The van der Waals surface area contributed by atoms with Crippen LogP contribution in [0.3, 0.4) is 0 Å². The lowest BCUT2D eigenvalue weighted by Gasteiger charge is -2.05. The summed E-state index contributed by atoms with van der Waals surface area (Å²) in [5.41, 5.74) is 1.00. The zero-order valence-electron chi connectivity index (χ0n) is 13.2. The van der Waals surface area contributed by atoms with E-state index in [0.717, 1.165) is 21.7 Å². The van der Waals surface area contributed by atoms with Gasteiger partial charge in [-0.25, -0.2) is 9.78 Å². The summed E-state index contributed by atoms with van der Waals surface area (Å²) < 4.78 is 10.4. The van der Waals surface area contributed by atoms with Crippen LogP contribution in [-0.2, 0) is 5.75 Å². The molecule has 1 N–H and O–H groups in total. The largest absolute Gasteiger partial charge is 0.497 e. The van der Waals surface area contributed by atoms with Gasteiger partial charge in [-0.15, -0.1) is 16.4 Å². The number of hydrogen-bond donors (Lipinski definition) is 1. The highest BCUT2D eigenvalue weighted by atomic mass is 32.2. The van der Waals surface area contributed by atoms with Crippen LogP contribution >= 0.6 is 23.1 Å². The Morgan fingerprint density at radius 3 is 3.04 bits per heavy atom. The van der Waals surface area contributed by atoms with Crippen molar-refractivity contribution >= 4 is 34.1 Å². The molecule has 0 amide bonds. The van der Waals surface area contributed by atoms with Crippen LogP contribution in [0.4, 0.5) is 0 Å². The van der Waals surface area contributed by atoms with E-state index in [2.05, 4.69) is 15.2 Å². The molecule has 0 aliphatic carbocycles. The van der Waals surface area contributed by atoms with Crippen LogP contribution in [0.5, 0.6) is 5.75 Å². The van der Waals surface area contributed by atoms with E-state index in [4.69, 9.17) is 9.15 Å². The first-order valence-electron chi connectivity index (χ1n) is 7.43. The average Bonchev–Trinajstić information content (AvgIpc) is 3.30. The highest BCUT2D eigenvalue weighted by Crippen LogP contribution is 2.28. The van der Waals surface area contributed by atoms with Crippen molar-refractivity contribution < 1.29 is 9.15 Å². The average molecular weight is 371 g/mol. The lowest BCUT2D eigenvalue weighted by molar-refractivity contribution is 0.414. The maximum absolute atomic E-state index is 11.8. The highest BCUT2D eigenvalue weighted by Gasteiger charge is 2.11. The molecule has 4 rings (SSSR count). The van der Waals surface area contributed by atoms with E-state index in [1.807, 2.05) is 29.6 Å². The van der Waals surface area contributed by atoms with E-state index in [0.29, 0.717) is 22.2 Å². The highest BCUT2D eigenvalue weighted by molar-refractivity contribution is 7.98. The van der Waals surface area contributed by atoms with Crippen molar-refractivity contribution in [2.24, 2.45) is 0 Å². The molecule has 0 bridgehead atoms. The van der Waals surface area contributed by atoms with Crippen molar-refractivity contribution in [3.05, 3.63) is 57.8 Å². The summed E-state index contributed by atoms with van der Waals surface area (Å²) in [6.07, 6.45) is 0. The predicted molar refractivity (Wildman–Crippen MR) is 98.3 cm³/mol. The number of ether oxygens (including phenoxy) is 1. The summed E-state index contributed by atoms with van der Waals surface area (Å²) in [6, 6.07) is 10.9. The third kappa shape index (κ3) is 3.31. The molecular formula is C17H13N3O3S2. The molecule has 8 heteroatoms. The first-order chi connectivity index (χ1) is 12.2. The quantitative estimate of drug-likeness (QED) is 0.423. The van der Waals surface area contributed by atoms with Crippen molar-refractivity contribution in [2.45, 2.75) is 10.9 Å². The third-order valence-electron chi connectivity index (χ3n) is 3.61. The van der Waals surface area contributed by atoms with E-state index in [-0.39, 0.29) is 5.63 Å². The lowest BCUT2D eigenvalue weighted by atomic mass is 10.1. The summed E-state index contributed by atoms with van der Waals surface area (Å²) in [7, 11) is 1.58. The monoisotopic (exact) mass is 371 g/mol. The minimum Gasteiger partial charge on any atom is -0.497 e. The van der Waals surface area contributed by atoms with Crippen molar-refractivity contribution in [2.75, 3.05) is 7.11 Å². The topological polar surface area (TPSA) is 81.0 Å². The molecule has 0 radical (unpaired) electrons. The molecule has 126 valence electrons. The van der Waals surface area contributed by atoms with Crippen LogP contribution in [-0.4, -0.2) is 22.3 Å². The molecule has 0 saturated heterocycles. The van der Waals surface area contributed by atoms with Crippen molar-refractivity contribution in [1.82, 2.24) is 15.2 Å². The van der Waals surface area contributed by atoms with E-state index in [1.54, 1.807) is 24.5 Å². The van der Waals surface area contributed by atoms with Crippen LogP contribution < -0.4 is 10.4 Å². The van der Waals surface area contributed by atoms with Gasteiger partial charge >= 0.3 is 5.63 Å². The van der Waals surface area contributed by atoms with E-state index < -0.39 is 0 Å². The lowest BCUT2D eigenvalue weighted by Crippen LogP contribution is -2.00. The van der Waals surface area contributed by atoms with Gasteiger partial charge < -0.3 is 9.15 Å². The molecule has 3 heterocycles. The van der Waals surface area contributed by atoms with Crippen LogP contribution in [0.1, 0.15) is 5.56 Å². The molecule has 3 aromatic heterocycles. The fourth-order valence-corrected chi connectivity index (χ4v) is 3.89. The van der Waals surface area contributed by atoms with Gasteiger partial charge in [-0.1, -0.05) is 17.8 Å². The number of thioether (sulfide) groups is 1. The molecule has 4 aromatic rings. The van der Waals surface area contributed by atoms with E-state index >= 15 is 0 Å². The Morgan fingerprint density at radius 2 is 2.24 bits per heavy atom. The molecule has 1 aromatic carbocycles. The number of H-pyrrole nitrogens is 1. The van der Waals surface area contributed by atoms with Gasteiger partial charge in [0.2, 0.25) is 5.16 Å². The van der Waals surface area contributed by atoms with Gasteiger partial charge in [0, 0.05) is 23.3 Å². The predicted octanol–water partition coefficient (Wildman–Crippen LogP) is 3.94. The molecule has 6 nitrogen and oxygen atoms in total. The Bertz CT molecular complexity index is 1070. The van der Waals surface area contributed by atoms with Crippen LogP contribution in [0, 0.1) is 0 Å². The number of nitrogens with one attached hydrogen (secondary N) is 1. The Kier molecular flexibility index (Phi) is 4.29.